The Labute approximate surface area is 110 Å². The average molecular weight is 262 g/mol. The van der Waals surface area contributed by atoms with Crippen molar-refractivity contribution in [2.45, 2.75) is 32.4 Å². The second-order valence-electron chi connectivity index (χ2n) is 4.66. The molecule has 1 aliphatic rings. The van der Waals surface area contributed by atoms with Gasteiger partial charge in [-0.25, -0.2) is 9.37 Å². The molecule has 1 unspecified atom stereocenters. The van der Waals surface area contributed by atoms with E-state index in [1.165, 1.54) is 10.4 Å². The average Bonchev–Trinajstić information content (AvgIpc) is 2.92. The van der Waals surface area contributed by atoms with Gasteiger partial charge in [0.25, 0.3) is 0 Å². The van der Waals surface area contributed by atoms with Gasteiger partial charge in [0.2, 0.25) is 0 Å². The zero-order chi connectivity index (χ0) is 12.5. The number of hydrogen-bond donors (Lipinski definition) is 1. The van der Waals surface area contributed by atoms with Crippen molar-refractivity contribution in [1.82, 2.24) is 10.3 Å². The maximum absolute atomic E-state index is 13.1. The first-order valence-corrected chi connectivity index (χ1v) is 6.97. The Balaban J connectivity index is 1.69. The van der Waals surface area contributed by atoms with E-state index >= 15 is 0 Å². The van der Waals surface area contributed by atoms with Gasteiger partial charge in [0.05, 0.1) is 5.01 Å². The van der Waals surface area contributed by atoms with Gasteiger partial charge in [-0.1, -0.05) is 6.07 Å². The summed E-state index contributed by atoms with van der Waals surface area (Å²) in [6, 6.07) is 5.47. The molecule has 0 bridgehead atoms. The van der Waals surface area contributed by atoms with Crippen molar-refractivity contribution < 1.29 is 4.39 Å². The van der Waals surface area contributed by atoms with Crippen LogP contribution in [0.1, 0.15) is 33.5 Å². The summed E-state index contributed by atoms with van der Waals surface area (Å²) in [4.78, 5) is 5.50. The minimum atomic E-state index is -0.132. The second-order valence-corrected chi connectivity index (χ2v) is 5.98. The van der Waals surface area contributed by atoms with Crippen LogP contribution in [0, 0.1) is 12.7 Å². The highest BCUT2D eigenvalue weighted by atomic mass is 32.1. The molecule has 0 fully saturated rings. The van der Waals surface area contributed by atoms with Crippen molar-refractivity contribution in [3.05, 3.63) is 51.2 Å². The highest BCUT2D eigenvalue weighted by Gasteiger charge is 2.22. The largest absolute Gasteiger partial charge is 0.305 e. The van der Waals surface area contributed by atoms with Crippen molar-refractivity contribution in [3.8, 4) is 0 Å². The lowest BCUT2D eigenvalue weighted by atomic mass is 10.1. The van der Waals surface area contributed by atoms with Crippen LogP contribution in [0.3, 0.4) is 0 Å². The second kappa shape index (κ2) is 4.78. The standard InChI is InChI=1S/C14H15FN2S/c1-9-16-7-12(18-9)8-17-14-5-2-10-6-11(15)3-4-13(10)14/h3-4,6-7,14,17H,2,5,8H2,1H3. The molecule has 0 saturated carbocycles. The van der Waals surface area contributed by atoms with Crippen LogP contribution in [0.2, 0.25) is 0 Å². The number of hydrogen-bond acceptors (Lipinski definition) is 3. The highest BCUT2D eigenvalue weighted by Crippen LogP contribution is 2.31. The molecule has 0 spiro atoms. The number of fused-ring (bicyclic) bond motifs is 1. The third-order valence-electron chi connectivity index (χ3n) is 3.37. The molecule has 0 amide bonds. The number of halogens is 1. The molecular weight excluding hydrogens is 247 g/mol. The minimum absolute atomic E-state index is 0.132. The lowest BCUT2D eigenvalue weighted by Crippen LogP contribution is -2.18. The van der Waals surface area contributed by atoms with E-state index in [0.717, 1.165) is 30.0 Å². The Morgan fingerprint density at radius 2 is 2.39 bits per heavy atom. The van der Waals surface area contributed by atoms with Crippen molar-refractivity contribution in [1.29, 1.82) is 0 Å². The fourth-order valence-electron chi connectivity index (χ4n) is 2.51. The fraction of sp³-hybridized carbons (Fsp3) is 0.357. The van der Waals surface area contributed by atoms with E-state index in [1.54, 1.807) is 23.5 Å². The molecule has 3 rings (SSSR count). The zero-order valence-corrected chi connectivity index (χ0v) is 11.1. The SMILES string of the molecule is Cc1ncc(CNC2CCc3cc(F)ccc32)s1. The summed E-state index contributed by atoms with van der Waals surface area (Å²) in [5.74, 6) is -0.132. The monoisotopic (exact) mass is 262 g/mol. The summed E-state index contributed by atoms with van der Waals surface area (Å²) in [7, 11) is 0. The predicted molar refractivity (Wildman–Crippen MR) is 71.2 cm³/mol. The first kappa shape index (κ1) is 11.8. The Hall–Kier alpha value is -1.26. The molecule has 0 aliphatic heterocycles. The van der Waals surface area contributed by atoms with Gasteiger partial charge in [-0.2, -0.15) is 0 Å². The van der Waals surface area contributed by atoms with Crippen LogP contribution >= 0.6 is 11.3 Å². The molecule has 94 valence electrons. The first-order chi connectivity index (χ1) is 8.72. The zero-order valence-electron chi connectivity index (χ0n) is 10.2. The topological polar surface area (TPSA) is 24.9 Å². The Morgan fingerprint density at radius 3 is 3.17 bits per heavy atom. The molecule has 2 nitrogen and oxygen atoms in total. The number of nitrogens with zero attached hydrogens (tertiary/aromatic N) is 1. The first-order valence-electron chi connectivity index (χ1n) is 6.15. The molecule has 1 aromatic carbocycles. The molecule has 4 heteroatoms. The van der Waals surface area contributed by atoms with Gasteiger partial charge in [-0.05, 0) is 43.0 Å². The summed E-state index contributed by atoms with van der Waals surface area (Å²) in [6.45, 7) is 2.86. The lowest BCUT2D eigenvalue weighted by Gasteiger charge is -2.13. The molecule has 1 aliphatic carbocycles. The summed E-state index contributed by atoms with van der Waals surface area (Å²) in [6.07, 6.45) is 3.94. The number of thiazole rings is 1. The Bertz CT molecular complexity index is 565. The van der Waals surface area contributed by atoms with Crippen LogP contribution in [0.25, 0.3) is 0 Å². The van der Waals surface area contributed by atoms with Crippen LogP contribution in [-0.2, 0) is 13.0 Å². The minimum Gasteiger partial charge on any atom is -0.305 e. The maximum Gasteiger partial charge on any atom is 0.123 e. The van der Waals surface area contributed by atoms with E-state index in [0.29, 0.717) is 6.04 Å². The lowest BCUT2D eigenvalue weighted by molar-refractivity contribution is 0.533. The van der Waals surface area contributed by atoms with Gasteiger partial charge in [-0.15, -0.1) is 11.3 Å². The van der Waals surface area contributed by atoms with Gasteiger partial charge in [-0.3, -0.25) is 0 Å². The van der Waals surface area contributed by atoms with Gasteiger partial charge in [0.15, 0.2) is 0 Å². The molecule has 1 N–H and O–H groups in total. The summed E-state index contributed by atoms with van der Waals surface area (Å²) in [5, 5.41) is 4.63. The van der Waals surface area contributed by atoms with E-state index in [4.69, 9.17) is 0 Å². The van der Waals surface area contributed by atoms with Gasteiger partial charge < -0.3 is 5.32 Å². The summed E-state index contributed by atoms with van der Waals surface area (Å²) < 4.78 is 13.1. The van der Waals surface area contributed by atoms with Crippen LogP contribution in [0.5, 0.6) is 0 Å². The normalized spacial score (nSPS) is 18.0. The van der Waals surface area contributed by atoms with Gasteiger partial charge in [0, 0.05) is 23.7 Å². The molecule has 1 aromatic heterocycles. The third kappa shape index (κ3) is 2.31. The molecule has 0 saturated heterocycles. The van der Waals surface area contributed by atoms with Crippen LogP contribution < -0.4 is 5.32 Å². The molecule has 1 heterocycles. The third-order valence-corrected chi connectivity index (χ3v) is 4.29. The molecule has 18 heavy (non-hydrogen) atoms. The van der Waals surface area contributed by atoms with Crippen LogP contribution in [-0.4, -0.2) is 4.98 Å². The number of aryl methyl sites for hydroxylation is 2. The van der Waals surface area contributed by atoms with Crippen LogP contribution in [0.15, 0.2) is 24.4 Å². The number of nitrogens with one attached hydrogen (secondary N) is 1. The van der Waals surface area contributed by atoms with E-state index in [9.17, 15) is 4.39 Å². The number of rotatable bonds is 3. The Kier molecular flexibility index (Phi) is 3.14. The quantitative estimate of drug-likeness (QED) is 0.917. The van der Waals surface area contributed by atoms with Crippen molar-refractivity contribution in [2.24, 2.45) is 0 Å². The van der Waals surface area contributed by atoms with Crippen molar-refractivity contribution >= 4 is 11.3 Å². The van der Waals surface area contributed by atoms with Gasteiger partial charge >= 0.3 is 0 Å². The predicted octanol–water partition coefficient (Wildman–Crippen LogP) is 3.37. The van der Waals surface area contributed by atoms with E-state index < -0.39 is 0 Å². The Morgan fingerprint density at radius 1 is 1.50 bits per heavy atom. The molecular formula is C14H15FN2S. The summed E-state index contributed by atoms with van der Waals surface area (Å²) >= 11 is 1.72. The van der Waals surface area contributed by atoms with E-state index in [1.807, 2.05) is 19.2 Å². The highest BCUT2D eigenvalue weighted by molar-refractivity contribution is 7.11. The van der Waals surface area contributed by atoms with Crippen molar-refractivity contribution in [2.75, 3.05) is 0 Å². The van der Waals surface area contributed by atoms with Crippen molar-refractivity contribution in [3.63, 3.8) is 0 Å². The summed E-state index contributed by atoms with van der Waals surface area (Å²) in [5.41, 5.74) is 2.39. The molecule has 0 radical (unpaired) electrons. The van der Waals surface area contributed by atoms with Gasteiger partial charge in [0.1, 0.15) is 5.82 Å². The van der Waals surface area contributed by atoms with E-state index in [-0.39, 0.29) is 5.82 Å². The fourth-order valence-corrected chi connectivity index (χ4v) is 3.25. The van der Waals surface area contributed by atoms with Crippen LogP contribution in [0.4, 0.5) is 4.39 Å². The van der Waals surface area contributed by atoms with E-state index in [2.05, 4.69) is 10.3 Å². The number of aromatic nitrogens is 1. The smallest absolute Gasteiger partial charge is 0.123 e. The maximum atomic E-state index is 13.1. The number of benzene rings is 1. The molecule has 2 aromatic rings. The molecule has 1 atom stereocenters.